The molecule has 0 saturated heterocycles. The minimum absolute atomic E-state index is 0.228. The third kappa shape index (κ3) is 6.52. The third-order valence-electron chi connectivity index (χ3n) is 16.6. The van der Waals surface area contributed by atoms with Crippen LogP contribution in [0.4, 0.5) is 34.1 Å². The first-order chi connectivity index (χ1) is 36.3. The van der Waals surface area contributed by atoms with Crippen molar-refractivity contribution in [1.82, 2.24) is 0 Å². The van der Waals surface area contributed by atoms with Crippen LogP contribution in [0.2, 0.25) is 39.3 Å². The molecular formula is C69H58N2O2Si2. The van der Waals surface area contributed by atoms with Crippen LogP contribution in [0.25, 0.3) is 87.3 Å². The molecule has 0 fully saturated rings. The lowest BCUT2D eigenvalue weighted by molar-refractivity contribution is 0.668. The lowest BCUT2D eigenvalue weighted by Gasteiger charge is -2.52. The van der Waals surface area contributed by atoms with Crippen molar-refractivity contribution in [3.05, 3.63) is 229 Å². The number of anilines is 6. The second-order valence-electron chi connectivity index (χ2n) is 23.0. The highest BCUT2D eigenvalue weighted by Crippen LogP contribution is 2.64. The molecule has 2 aromatic heterocycles. The van der Waals surface area contributed by atoms with Crippen molar-refractivity contribution in [2.45, 2.75) is 57.8 Å². The van der Waals surface area contributed by atoms with E-state index in [4.69, 9.17) is 8.83 Å². The molecule has 0 bridgehead atoms. The van der Waals surface area contributed by atoms with Gasteiger partial charge in [0.2, 0.25) is 0 Å². The van der Waals surface area contributed by atoms with E-state index in [-0.39, 0.29) is 4.66 Å². The molecule has 2 heterocycles. The monoisotopic (exact) mass is 1000 g/mol. The fourth-order valence-corrected chi connectivity index (χ4v) is 27.0. The van der Waals surface area contributed by atoms with Gasteiger partial charge in [0.1, 0.15) is 11.2 Å². The minimum Gasteiger partial charge on any atom is -0.454 e. The lowest BCUT2D eigenvalue weighted by atomic mass is 9.89. The molecule has 75 heavy (non-hydrogen) atoms. The van der Waals surface area contributed by atoms with Gasteiger partial charge < -0.3 is 18.6 Å². The Labute approximate surface area is 440 Å². The number of nitrogens with zero attached hydrogens (tertiary/aromatic N) is 2. The van der Waals surface area contributed by atoms with Crippen LogP contribution in [0, 0.1) is 13.8 Å². The fraction of sp³-hybridized carbons (Fsp3) is 0.130. The summed E-state index contributed by atoms with van der Waals surface area (Å²) in [5, 5.41) is 12.1. The molecule has 0 aliphatic heterocycles. The molecule has 14 rings (SSSR count). The van der Waals surface area contributed by atoms with Crippen LogP contribution in [0.3, 0.4) is 0 Å². The van der Waals surface area contributed by atoms with Gasteiger partial charge in [0.15, 0.2) is 11.2 Å². The summed E-state index contributed by atoms with van der Waals surface area (Å²) in [4.78, 5) is 4.91. The van der Waals surface area contributed by atoms with Gasteiger partial charge in [-0.05, 0) is 130 Å². The Morgan fingerprint density at radius 2 is 0.773 bits per heavy atom. The van der Waals surface area contributed by atoms with Gasteiger partial charge in [-0.1, -0.05) is 190 Å². The smallest absolute Gasteiger partial charge is 0.159 e. The van der Waals surface area contributed by atoms with E-state index in [9.17, 15) is 0 Å². The Balaban J connectivity index is 1.09. The average Bonchev–Trinajstić information content (AvgIpc) is 4.27. The highest BCUT2D eigenvalue weighted by Gasteiger charge is 2.60. The molecule has 1 aliphatic carbocycles. The Kier molecular flexibility index (Phi) is 9.95. The zero-order valence-electron chi connectivity index (χ0n) is 43.8. The van der Waals surface area contributed by atoms with Crippen LogP contribution >= 0.6 is 0 Å². The molecule has 1 aliphatic rings. The standard InChI is InChI=1S/C69H58N2O2Si2/c1-43-31-35-45(36-32-43)70(59-27-17-25-55-50-21-13-15-29-62(50)72-67(55)59)47-39-40-54-57(41-47)48-19-9-11-23-52(48)65-64-53-24-12-10-20-49(53)61(42-58(64)69(66(54)65,74(3,4)5)75(6,7)8)71(46-37-33-44(2)34-38-46)60-28-18-26-56-51-22-14-16-30-63(51)73-68(56)60/h9-42H,1-8H3. The van der Waals surface area contributed by atoms with E-state index in [0.29, 0.717) is 0 Å². The van der Waals surface area contributed by atoms with Gasteiger partial charge in [0.05, 0.1) is 33.2 Å². The van der Waals surface area contributed by atoms with Crippen molar-refractivity contribution in [1.29, 1.82) is 0 Å². The number of aryl methyl sites for hydroxylation is 2. The second kappa shape index (κ2) is 16.4. The first-order valence-electron chi connectivity index (χ1n) is 26.4. The second-order valence-corrected chi connectivity index (χ2v) is 34.0. The quantitative estimate of drug-likeness (QED) is 0.112. The molecule has 0 N–H and O–H groups in total. The minimum atomic E-state index is -2.29. The van der Waals surface area contributed by atoms with Gasteiger partial charge in [-0.3, -0.25) is 0 Å². The van der Waals surface area contributed by atoms with Gasteiger partial charge in [-0.2, -0.15) is 0 Å². The van der Waals surface area contributed by atoms with E-state index in [2.05, 4.69) is 269 Å². The molecule has 6 heteroatoms. The predicted molar refractivity (Wildman–Crippen MR) is 325 cm³/mol. The number of hydrogen-bond acceptors (Lipinski definition) is 4. The summed E-state index contributed by atoms with van der Waals surface area (Å²) in [6, 6.07) is 76.5. The maximum absolute atomic E-state index is 6.92. The average molecular weight is 1000 g/mol. The van der Waals surface area contributed by atoms with Crippen molar-refractivity contribution in [3.8, 4) is 11.1 Å². The van der Waals surface area contributed by atoms with Crippen LogP contribution in [0.1, 0.15) is 22.3 Å². The lowest BCUT2D eigenvalue weighted by Crippen LogP contribution is -2.63. The van der Waals surface area contributed by atoms with Gasteiger partial charge in [-0.15, -0.1) is 0 Å². The first kappa shape index (κ1) is 45.4. The molecule has 13 aromatic rings. The van der Waals surface area contributed by atoms with E-state index in [1.807, 2.05) is 0 Å². The van der Waals surface area contributed by atoms with Crippen LogP contribution < -0.4 is 9.80 Å². The molecule has 0 radical (unpaired) electrons. The molecule has 364 valence electrons. The largest absolute Gasteiger partial charge is 0.454 e. The number of furan rings is 2. The number of hydrogen-bond donors (Lipinski definition) is 0. The summed E-state index contributed by atoms with van der Waals surface area (Å²) in [6.07, 6.45) is 0. The highest BCUT2D eigenvalue weighted by atomic mass is 28.4. The molecule has 0 saturated carbocycles. The van der Waals surface area contributed by atoms with Crippen LogP contribution in [-0.2, 0) is 4.66 Å². The maximum Gasteiger partial charge on any atom is 0.159 e. The molecule has 0 atom stereocenters. The zero-order chi connectivity index (χ0) is 51.1. The van der Waals surface area contributed by atoms with Crippen LogP contribution in [-0.4, -0.2) is 16.1 Å². The van der Waals surface area contributed by atoms with Crippen molar-refractivity contribution in [3.63, 3.8) is 0 Å². The maximum atomic E-state index is 6.92. The molecule has 0 unspecified atom stereocenters. The summed E-state index contributed by atoms with van der Waals surface area (Å²) >= 11 is 0. The van der Waals surface area contributed by atoms with Crippen molar-refractivity contribution in [2.75, 3.05) is 9.80 Å². The SMILES string of the molecule is Cc1ccc(N(c2ccc3c4c(c5ccccc5c3c2)-c2c(cc(N(c3ccc(C)cc3)c3cccc5c3oc3ccccc35)c3ccccc23)C4([Si](C)(C)C)[Si](C)(C)C)c2cccc3c2oc2ccccc23)cc1. The molecular weight excluding hydrogens is 945 g/mol. The first-order valence-corrected chi connectivity index (χ1v) is 33.4. The van der Waals surface area contributed by atoms with Gasteiger partial charge >= 0.3 is 0 Å². The zero-order valence-corrected chi connectivity index (χ0v) is 45.8. The summed E-state index contributed by atoms with van der Waals surface area (Å²) in [7, 11) is -4.57. The van der Waals surface area contributed by atoms with Gasteiger partial charge in [0, 0.05) is 48.7 Å². The normalized spacial score (nSPS) is 13.4. The molecule has 4 nitrogen and oxygen atoms in total. The van der Waals surface area contributed by atoms with Gasteiger partial charge in [0.25, 0.3) is 0 Å². The molecule has 11 aromatic carbocycles. The van der Waals surface area contributed by atoms with E-state index in [1.54, 1.807) is 0 Å². The summed E-state index contributed by atoms with van der Waals surface area (Å²) in [5.74, 6) is 0. The Bertz CT molecular complexity index is 4460. The Hall–Kier alpha value is -8.17. The van der Waals surface area contributed by atoms with E-state index >= 15 is 0 Å². The summed E-state index contributed by atoms with van der Waals surface area (Å²) in [6.45, 7) is 20.2. The third-order valence-corrected chi connectivity index (χ3v) is 26.7. The predicted octanol–water partition coefficient (Wildman–Crippen LogP) is 20.5. The fourth-order valence-electron chi connectivity index (χ4n) is 13.9. The summed E-state index contributed by atoms with van der Waals surface area (Å²) < 4.78 is 13.5. The van der Waals surface area contributed by atoms with Crippen molar-refractivity contribution >= 4 is 126 Å². The number of fused-ring (bicyclic) bond motifs is 16. The van der Waals surface area contributed by atoms with E-state index in [0.717, 1.165) is 72.3 Å². The number of para-hydroxylation sites is 4. The molecule has 0 amide bonds. The van der Waals surface area contributed by atoms with E-state index < -0.39 is 16.1 Å². The highest BCUT2D eigenvalue weighted by molar-refractivity contribution is 7.00. The number of rotatable bonds is 8. The topological polar surface area (TPSA) is 32.8 Å². The Morgan fingerprint density at radius 3 is 1.32 bits per heavy atom. The van der Waals surface area contributed by atoms with Gasteiger partial charge in [-0.25, -0.2) is 0 Å². The van der Waals surface area contributed by atoms with Crippen LogP contribution in [0.15, 0.2) is 215 Å². The van der Waals surface area contributed by atoms with Crippen molar-refractivity contribution in [2.24, 2.45) is 0 Å². The Morgan fingerprint density at radius 1 is 0.333 bits per heavy atom. The summed E-state index contributed by atoms with van der Waals surface area (Å²) in [5.41, 5.74) is 18.2. The van der Waals surface area contributed by atoms with Crippen LogP contribution in [0.5, 0.6) is 0 Å². The van der Waals surface area contributed by atoms with E-state index in [1.165, 1.54) is 71.4 Å². The van der Waals surface area contributed by atoms with Crippen molar-refractivity contribution < 1.29 is 8.83 Å². The number of benzene rings is 11. The molecule has 0 spiro atoms.